The van der Waals surface area contributed by atoms with Crippen LogP contribution in [0.15, 0.2) is 0 Å². The number of hydrogen-bond acceptors (Lipinski definition) is 1. The van der Waals surface area contributed by atoms with Gasteiger partial charge in [-0.1, -0.05) is 13.3 Å². The lowest BCUT2D eigenvalue weighted by Crippen LogP contribution is -2.44. The second-order valence-corrected chi connectivity index (χ2v) is 6.73. The molecule has 94 valence electrons. The Labute approximate surface area is 106 Å². The average Bonchev–Trinajstić information content (AvgIpc) is 2.24. The van der Waals surface area contributed by atoms with E-state index >= 15 is 0 Å². The van der Waals surface area contributed by atoms with Crippen LogP contribution in [-0.2, 0) is 0 Å². The molecule has 0 amide bonds. The van der Waals surface area contributed by atoms with Crippen LogP contribution in [0, 0.1) is 11.8 Å². The zero-order chi connectivity index (χ0) is 11.5. The quantitative estimate of drug-likeness (QED) is 0.665. The molecule has 1 heterocycles. The Balaban J connectivity index is 1.82. The SMILES string of the molecule is CC1CCC(C)N(CC2CCCC(Cl)C2)C1. The average molecular weight is 244 g/mol. The van der Waals surface area contributed by atoms with Gasteiger partial charge in [-0.15, -0.1) is 11.6 Å². The molecule has 0 spiro atoms. The van der Waals surface area contributed by atoms with Crippen LogP contribution in [0.5, 0.6) is 0 Å². The molecule has 1 aliphatic carbocycles. The van der Waals surface area contributed by atoms with Crippen LogP contribution in [0.25, 0.3) is 0 Å². The van der Waals surface area contributed by atoms with Crippen LogP contribution in [0.1, 0.15) is 52.4 Å². The number of likely N-dealkylation sites (tertiary alicyclic amines) is 1. The van der Waals surface area contributed by atoms with E-state index in [1.807, 2.05) is 0 Å². The first-order valence-corrected chi connectivity index (χ1v) is 7.47. The summed E-state index contributed by atoms with van der Waals surface area (Å²) in [5, 5.41) is 0.455. The normalized spacial score (nSPS) is 42.2. The van der Waals surface area contributed by atoms with E-state index < -0.39 is 0 Å². The van der Waals surface area contributed by atoms with Gasteiger partial charge in [0.05, 0.1) is 0 Å². The van der Waals surface area contributed by atoms with Gasteiger partial charge in [-0.25, -0.2) is 0 Å². The molecule has 1 saturated heterocycles. The minimum Gasteiger partial charge on any atom is -0.300 e. The molecular weight excluding hydrogens is 218 g/mol. The Hall–Kier alpha value is 0.250. The molecule has 0 aromatic heterocycles. The van der Waals surface area contributed by atoms with Crippen molar-refractivity contribution in [3.05, 3.63) is 0 Å². The maximum absolute atomic E-state index is 6.28. The molecule has 4 atom stereocenters. The fourth-order valence-electron chi connectivity index (χ4n) is 3.36. The Kier molecular flexibility index (Phi) is 4.55. The number of hydrogen-bond donors (Lipinski definition) is 0. The molecule has 0 N–H and O–H groups in total. The summed E-state index contributed by atoms with van der Waals surface area (Å²) in [4.78, 5) is 2.72. The Morgan fingerprint density at radius 3 is 2.69 bits per heavy atom. The van der Waals surface area contributed by atoms with Crippen molar-refractivity contribution in [3.8, 4) is 0 Å². The Morgan fingerprint density at radius 1 is 1.12 bits per heavy atom. The van der Waals surface area contributed by atoms with Gasteiger partial charge in [0.15, 0.2) is 0 Å². The van der Waals surface area contributed by atoms with Crippen LogP contribution in [-0.4, -0.2) is 29.4 Å². The summed E-state index contributed by atoms with van der Waals surface area (Å²) < 4.78 is 0. The molecule has 4 unspecified atom stereocenters. The van der Waals surface area contributed by atoms with Crippen molar-refractivity contribution < 1.29 is 0 Å². The van der Waals surface area contributed by atoms with E-state index in [-0.39, 0.29) is 0 Å². The van der Waals surface area contributed by atoms with Gasteiger partial charge in [-0.05, 0) is 50.9 Å². The summed E-state index contributed by atoms with van der Waals surface area (Å²) in [6.07, 6.45) is 8.04. The van der Waals surface area contributed by atoms with E-state index in [9.17, 15) is 0 Å². The van der Waals surface area contributed by atoms with E-state index in [1.54, 1.807) is 0 Å². The van der Waals surface area contributed by atoms with Crippen molar-refractivity contribution >= 4 is 11.6 Å². The maximum Gasteiger partial charge on any atom is 0.0339 e. The molecule has 0 aromatic rings. The topological polar surface area (TPSA) is 3.24 Å². The lowest BCUT2D eigenvalue weighted by molar-refractivity contribution is 0.0959. The van der Waals surface area contributed by atoms with Crippen molar-refractivity contribution in [1.82, 2.24) is 4.90 Å². The molecule has 0 bridgehead atoms. The Bertz CT molecular complexity index is 219. The third-order valence-electron chi connectivity index (χ3n) is 4.46. The summed E-state index contributed by atoms with van der Waals surface area (Å²) in [5.74, 6) is 1.76. The standard InChI is InChI=1S/C14H26ClN/c1-11-6-7-12(2)16(9-11)10-13-4-3-5-14(15)8-13/h11-14H,3-10H2,1-2H3. The highest BCUT2D eigenvalue weighted by atomic mass is 35.5. The predicted octanol–water partition coefficient (Wildman–Crippen LogP) is 3.90. The van der Waals surface area contributed by atoms with Crippen LogP contribution < -0.4 is 0 Å². The molecular formula is C14H26ClN. The van der Waals surface area contributed by atoms with Gasteiger partial charge < -0.3 is 4.90 Å². The molecule has 1 saturated carbocycles. The smallest absolute Gasteiger partial charge is 0.0339 e. The molecule has 2 fully saturated rings. The van der Waals surface area contributed by atoms with Gasteiger partial charge in [-0.3, -0.25) is 0 Å². The van der Waals surface area contributed by atoms with Crippen LogP contribution in [0.4, 0.5) is 0 Å². The first kappa shape index (κ1) is 12.7. The predicted molar refractivity (Wildman–Crippen MR) is 71.0 cm³/mol. The molecule has 2 heteroatoms. The minimum atomic E-state index is 0.455. The third-order valence-corrected chi connectivity index (χ3v) is 4.85. The van der Waals surface area contributed by atoms with Crippen molar-refractivity contribution in [2.45, 2.75) is 63.8 Å². The van der Waals surface area contributed by atoms with Gasteiger partial charge >= 0.3 is 0 Å². The van der Waals surface area contributed by atoms with Gasteiger partial charge in [-0.2, -0.15) is 0 Å². The number of rotatable bonds is 2. The fraction of sp³-hybridized carbons (Fsp3) is 1.00. The van der Waals surface area contributed by atoms with E-state index in [0.717, 1.165) is 17.9 Å². The summed E-state index contributed by atoms with van der Waals surface area (Å²) in [5.41, 5.74) is 0. The Morgan fingerprint density at radius 2 is 1.94 bits per heavy atom. The molecule has 0 aromatic carbocycles. The summed E-state index contributed by atoms with van der Waals surface area (Å²) in [6.45, 7) is 7.40. The molecule has 2 rings (SSSR count). The number of alkyl halides is 1. The van der Waals surface area contributed by atoms with E-state index in [2.05, 4.69) is 18.7 Å². The fourth-order valence-corrected chi connectivity index (χ4v) is 3.76. The van der Waals surface area contributed by atoms with Crippen molar-refractivity contribution in [3.63, 3.8) is 0 Å². The van der Waals surface area contributed by atoms with Crippen molar-refractivity contribution in [2.75, 3.05) is 13.1 Å². The molecule has 16 heavy (non-hydrogen) atoms. The second-order valence-electron chi connectivity index (χ2n) is 6.12. The third kappa shape index (κ3) is 3.37. The monoisotopic (exact) mass is 243 g/mol. The molecule has 1 aliphatic heterocycles. The lowest BCUT2D eigenvalue weighted by atomic mass is 9.86. The van der Waals surface area contributed by atoms with Crippen LogP contribution >= 0.6 is 11.6 Å². The highest BCUT2D eigenvalue weighted by Gasteiger charge is 2.27. The highest BCUT2D eigenvalue weighted by molar-refractivity contribution is 6.20. The van der Waals surface area contributed by atoms with Gasteiger partial charge in [0, 0.05) is 24.5 Å². The zero-order valence-corrected chi connectivity index (χ0v) is 11.5. The largest absolute Gasteiger partial charge is 0.300 e. The van der Waals surface area contributed by atoms with Gasteiger partial charge in [0.25, 0.3) is 0 Å². The molecule has 0 radical (unpaired) electrons. The zero-order valence-electron chi connectivity index (χ0n) is 10.8. The molecule has 2 aliphatic rings. The van der Waals surface area contributed by atoms with Crippen LogP contribution in [0.2, 0.25) is 0 Å². The summed E-state index contributed by atoms with van der Waals surface area (Å²) >= 11 is 6.28. The lowest BCUT2D eigenvalue weighted by Gasteiger charge is -2.40. The summed E-state index contributed by atoms with van der Waals surface area (Å²) in [7, 11) is 0. The van der Waals surface area contributed by atoms with Crippen LogP contribution in [0.3, 0.4) is 0 Å². The maximum atomic E-state index is 6.28. The first-order valence-electron chi connectivity index (χ1n) is 7.03. The van der Waals surface area contributed by atoms with Crippen molar-refractivity contribution in [2.24, 2.45) is 11.8 Å². The van der Waals surface area contributed by atoms with E-state index in [4.69, 9.17) is 11.6 Å². The van der Waals surface area contributed by atoms with Gasteiger partial charge in [0.1, 0.15) is 0 Å². The van der Waals surface area contributed by atoms with E-state index in [0.29, 0.717) is 5.38 Å². The highest BCUT2D eigenvalue weighted by Crippen LogP contribution is 2.30. The number of halogens is 1. The molecule has 1 nitrogen and oxygen atoms in total. The number of piperidine rings is 1. The van der Waals surface area contributed by atoms with E-state index in [1.165, 1.54) is 51.6 Å². The number of nitrogens with zero attached hydrogens (tertiary/aromatic N) is 1. The second kappa shape index (κ2) is 5.73. The van der Waals surface area contributed by atoms with Crippen molar-refractivity contribution in [1.29, 1.82) is 0 Å². The minimum absolute atomic E-state index is 0.455. The van der Waals surface area contributed by atoms with Gasteiger partial charge in [0.2, 0.25) is 0 Å². The first-order chi connectivity index (χ1) is 7.65. The summed E-state index contributed by atoms with van der Waals surface area (Å²) in [6, 6.07) is 0.798.